The van der Waals surface area contributed by atoms with Crippen molar-refractivity contribution in [3.63, 3.8) is 0 Å². The number of nitrogens with two attached hydrogens (primary N) is 1. The quantitative estimate of drug-likeness (QED) is 0.246. The van der Waals surface area contributed by atoms with Gasteiger partial charge in [-0.2, -0.15) is 0 Å². The highest BCUT2D eigenvalue weighted by molar-refractivity contribution is 5.93. The summed E-state index contributed by atoms with van der Waals surface area (Å²) in [5.41, 5.74) is 2.53. The summed E-state index contributed by atoms with van der Waals surface area (Å²) in [5.74, 6) is 4.39. The molecule has 0 fully saturated rings. The predicted octanol–water partition coefficient (Wildman–Crippen LogP) is 1.93. The number of ether oxygens (including phenoxy) is 1. The Balaban J connectivity index is 2.64. The summed E-state index contributed by atoms with van der Waals surface area (Å²) in [6.07, 6.45) is 0.714. The van der Waals surface area contributed by atoms with Gasteiger partial charge in [0.05, 0.1) is 5.69 Å². The number of nitrogens with one attached hydrogen (secondary N) is 2. The lowest BCUT2D eigenvalue weighted by molar-refractivity contribution is 0.146. The molecule has 0 unspecified atom stereocenters. The van der Waals surface area contributed by atoms with E-state index in [1.807, 2.05) is 6.92 Å². The fourth-order valence-electron chi connectivity index (χ4n) is 1.49. The van der Waals surface area contributed by atoms with Crippen LogP contribution in [0.25, 0.3) is 0 Å². The second-order valence-electron chi connectivity index (χ2n) is 4.13. The largest absolute Gasteiger partial charge is 0.382 e. The molecule has 0 saturated heterocycles. The molecular formula is C13H20F2N4O. The first-order valence-electron chi connectivity index (χ1n) is 6.40. The van der Waals surface area contributed by atoms with E-state index >= 15 is 0 Å². The molecule has 0 radical (unpaired) electrons. The molecule has 1 aromatic carbocycles. The monoisotopic (exact) mass is 286 g/mol. The minimum absolute atomic E-state index is 0.0189. The fraction of sp³-hybridized carbons (Fsp3) is 0.462. The molecule has 20 heavy (non-hydrogen) atoms. The first-order valence-corrected chi connectivity index (χ1v) is 6.40. The summed E-state index contributed by atoms with van der Waals surface area (Å²) in [4.78, 5) is 4.10. The lowest BCUT2D eigenvalue weighted by atomic mass is 10.2. The molecule has 0 heterocycles. The summed E-state index contributed by atoms with van der Waals surface area (Å²) >= 11 is 0. The number of hydrogen-bond acceptors (Lipinski definition) is 3. The van der Waals surface area contributed by atoms with Gasteiger partial charge < -0.3 is 10.1 Å². The molecule has 0 aliphatic rings. The zero-order valence-corrected chi connectivity index (χ0v) is 11.7. The number of aliphatic imine (C=N–C) groups is 1. The smallest absolute Gasteiger partial charge is 0.210 e. The molecule has 0 bridgehead atoms. The molecule has 0 saturated carbocycles. The van der Waals surface area contributed by atoms with Crippen molar-refractivity contribution in [2.45, 2.75) is 20.3 Å². The molecule has 0 atom stereocenters. The van der Waals surface area contributed by atoms with Gasteiger partial charge in [-0.15, -0.1) is 0 Å². The van der Waals surface area contributed by atoms with E-state index in [4.69, 9.17) is 10.6 Å². The van der Waals surface area contributed by atoms with Crippen LogP contribution in [-0.4, -0.2) is 25.7 Å². The third-order valence-corrected chi connectivity index (χ3v) is 2.56. The standard InChI is InChI=1S/C13H20F2N4O/c1-3-20-6-4-5-17-13(19-16)18-12-8-10(14)9(2)7-11(12)15/h7-8H,3-6,16H2,1-2H3,(H2,17,18,19). The minimum Gasteiger partial charge on any atom is -0.382 e. The Morgan fingerprint density at radius 1 is 1.35 bits per heavy atom. The Morgan fingerprint density at radius 3 is 2.75 bits per heavy atom. The SMILES string of the molecule is CCOCCCN=C(NN)Nc1cc(F)c(C)cc1F. The summed E-state index contributed by atoms with van der Waals surface area (Å²) in [7, 11) is 0. The van der Waals surface area contributed by atoms with Crippen molar-refractivity contribution in [1.82, 2.24) is 5.43 Å². The number of guanidine groups is 1. The van der Waals surface area contributed by atoms with Crippen LogP contribution >= 0.6 is 0 Å². The van der Waals surface area contributed by atoms with Crippen molar-refractivity contribution in [1.29, 1.82) is 0 Å². The molecule has 4 N–H and O–H groups in total. The van der Waals surface area contributed by atoms with Crippen LogP contribution in [0.4, 0.5) is 14.5 Å². The number of aryl methyl sites for hydroxylation is 1. The average Bonchev–Trinajstić information content (AvgIpc) is 2.42. The molecule has 1 rings (SSSR count). The maximum absolute atomic E-state index is 13.6. The third kappa shape index (κ3) is 5.10. The molecular weight excluding hydrogens is 266 g/mol. The highest BCUT2D eigenvalue weighted by Gasteiger charge is 2.08. The van der Waals surface area contributed by atoms with E-state index in [-0.39, 0.29) is 17.2 Å². The zero-order chi connectivity index (χ0) is 15.0. The van der Waals surface area contributed by atoms with Gasteiger partial charge in [-0.25, -0.2) is 14.6 Å². The molecule has 0 aromatic heterocycles. The van der Waals surface area contributed by atoms with Gasteiger partial charge in [0.15, 0.2) is 0 Å². The van der Waals surface area contributed by atoms with Crippen LogP contribution in [-0.2, 0) is 4.74 Å². The Bertz CT molecular complexity index is 466. The van der Waals surface area contributed by atoms with E-state index < -0.39 is 11.6 Å². The van der Waals surface area contributed by atoms with Crippen LogP contribution in [0, 0.1) is 18.6 Å². The Hall–Kier alpha value is -1.73. The van der Waals surface area contributed by atoms with Crippen LogP contribution in [0.3, 0.4) is 0 Å². The second kappa shape index (κ2) is 8.44. The Morgan fingerprint density at radius 2 is 2.10 bits per heavy atom. The van der Waals surface area contributed by atoms with Crippen LogP contribution in [0.5, 0.6) is 0 Å². The molecule has 0 aliphatic heterocycles. The Labute approximate surface area is 117 Å². The minimum atomic E-state index is -0.568. The number of hydrogen-bond donors (Lipinski definition) is 3. The molecule has 112 valence electrons. The van der Waals surface area contributed by atoms with Crippen molar-refractivity contribution < 1.29 is 13.5 Å². The van der Waals surface area contributed by atoms with Gasteiger partial charge in [0.1, 0.15) is 11.6 Å². The zero-order valence-electron chi connectivity index (χ0n) is 11.7. The number of benzene rings is 1. The first-order chi connectivity index (χ1) is 9.58. The average molecular weight is 286 g/mol. The van der Waals surface area contributed by atoms with Crippen LogP contribution < -0.4 is 16.6 Å². The van der Waals surface area contributed by atoms with E-state index in [0.717, 1.165) is 12.1 Å². The molecule has 1 aromatic rings. The molecule has 7 heteroatoms. The maximum atomic E-state index is 13.6. The van der Waals surface area contributed by atoms with Gasteiger partial charge in [-0.3, -0.25) is 10.4 Å². The summed E-state index contributed by atoms with van der Waals surface area (Å²) < 4.78 is 32.2. The molecule has 0 amide bonds. The lowest BCUT2D eigenvalue weighted by Gasteiger charge is -2.11. The maximum Gasteiger partial charge on any atom is 0.210 e. The van der Waals surface area contributed by atoms with E-state index in [0.29, 0.717) is 26.2 Å². The molecule has 5 nitrogen and oxygen atoms in total. The summed E-state index contributed by atoms with van der Waals surface area (Å²) in [5, 5.41) is 2.61. The van der Waals surface area contributed by atoms with Gasteiger partial charge in [-0.05, 0) is 31.9 Å². The molecule has 0 aliphatic carbocycles. The fourth-order valence-corrected chi connectivity index (χ4v) is 1.49. The number of rotatable bonds is 6. The van der Waals surface area contributed by atoms with Crippen molar-refractivity contribution in [3.8, 4) is 0 Å². The van der Waals surface area contributed by atoms with Crippen molar-refractivity contribution in [2.75, 3.05) is 25.1 Å². The van der Waals surface area contributed by atoms with E-state index in [9.17, 15) is 8.78 Å². The number of nitrogens with zero attached hydrogens (tertiary/aromatic N) is 1. The second-order valence-corrected chi connectivity index (χ2v) is 4.13. The Kier molecular flexibility index (Phi) is 6.89. The van der Waals surface area contributed by atoms with Crippen molar-refractivity contribution in [2.24, 2.45) is 10.8 Å². The van der Waals surface area contributed by atoms with Gasteiger partial charge in [-0.1, -0.05) is 0 Å². The summed E-state index contributed by atoms with van der Waals surface area (Å²) in [6.45, 7) is 5.10. The van der Waals surface area contributed by atoms with Gasteiger partial charge in [0, 0.05) is 25.8 Å². The van der Waals surface area contributed by atoms with Crippen LogP contribution in [0.15, 0.2) is 17.1 Å². The number of hydrazine groups is 1. The van der Waals surface area contributed by atoms with E-state index in [1.165, 1.54) is 6.92 Å². The van der Waals surface area contributed by atoms with Crippen molar-refractivity contribution in [3.05, 3.63) is 29.3 Å². The highest BCUT2D eigenvalue weighted by atomic mass is 19.1. The molecule has 0 spiro atoms. The number of anilines is 1. The van der Waals surface area contributed by atoms with Gasteiger partial charge in [0.2, 0.25) is 5.96 Å². The normalized spacial score (nSPS) is 11.6. The highest BCUT2D eigenvalue weighted by Crippen LogP contribution is 2.18. The summed E-state index contributed by atoms with van der Waals surface area (Å²) in [6, 6.07) is 2.18. The third-order valence-electron chi connectivity index (χ3n) is 2.56. The van der Waals surface area contributed by atoms with E-state index in [1.54, 1.807) is 0 Å². The lowest BCUT2D eigenvalue weighted by Crippen LogP contribution is -2.36. The number of halogens is 2. The first kappa shape index (κ1) is 16.3. The van der Waals surface area contributed by atoms with Crippen LogP contribution in [0.2, 0.25) is 0 Å². The van der Waals surface area contributed by atoms with E-state index in [2.05, 4.69) is 15.7 Å². The topological polar surface area (TPSA) is 71.7 Å². The predicted molar refractivity (Wildman–Crippen MR) is 75.5 cm³/mol. The van der Waals surface area contributed by atoms with Gasteiger partial charge in [0.25, 0.3) is 0 Å². The van der Waals surface area contributed by atoms with Crippen LogP contribution in [0.1, 0.15) is 18.9 Å². The van der Waals surface area contributed by atoms with Gasteiger partial charge >= 0.3 is 0 Å². The van der Waals surface area contributed by atoms with Crippen molar-refractivity contribution >= 4 is 11.6 Å².